The molecule has 0 aliphatic heterocycles. The number of anilines is 1. The van der Waals surface area contributed by atoms with Crippen LogP contribution in [0.1, 0.15) is 25.0 Å². The van der Waals surface area contributed by atoms with Crippen LogP contribution in [-0.2, 0) is 16.1 Å². The maximum Gasteiger partial charge on any atom is 0.238 e. The van der Waals surface area contributed by atoms with E-state index in [-0.39, 0.29) is 24.9 Å². The van der Waals surface area contributed by atoms with Gasteiger partial charge >= 0.3 is 0 Å². The number of aryl methyl sites for hydroxylation is 1. The Kier molecular flexibility index (Phi) is 8.48. The number of amides is 2. The van der Waals surface area contributed by atoms with Crippen molar-refractivity contribution >= 4 is 29.1 Å². The van der Waals surface area contributed by atoms with E-state index in [1.165, 1.54) is 0 Å². The molecule has 28 heavy (non-hydrogen) atoms. The van der Waals surface area contributed by atoms with Gasteiger partial charge in [0.15, 0.2) is 0 Å². The highest BCUT2D eigenvalue weighted by molar-refractivity contribution is 6.31. The van der Waals surface area contributed by atoms with Crippen LogP contribution in [0.25, 0.3) is 0 Å². The highest BCUT2D eigenvalue weighted by Crippen LogP contribution is 2.20. The molecule has 0 atom stereocenters. The Bertz CT molecular complexity index is 796. The molecule has 0 unspecified atom stereocenters. The summed E-state index contributed by atoms with van der Waals surface area (Å²) in [4.78, 5) is 28.8. The van der Waals surface area contributed by atoms with E-state index in [2.05, 4.69) is 5.32 Å². The Balaban J connectivity index is 1.93. The van der Waals surface area contributed by atoms with Crippen LogP contribution in [0.5, 0.6) is 0 Å². The lowest BCUT2D eigenvalue weighted by Crippen LogP contribution is -2.42. The highest BCUT2D eigenvalue weighted by atomic mass is 35.5. The first-order chi connectivity index (χ1) is 13.4. The number of halogens is 1. The summed E-state index contributed by atoms with van der Waals surface area (Å²) in [5.74, 6) is -0.147. The molecule has 2 amide bonds. The molecule has 2 aromatic carbocycles. The van der Waals surface area contributed by atoms with Crippen LogP contribution >= 0.6 is 11.6 Å². The SMILES string of the molecule is CCN(CC(=O)Nc1cc(Cl)ccc1C)CC(=O)N(CC)Cc1ccccc1. The van der Waals surface area contributed by atoms with Gasteiger partial charge in [-0.3, -0.25) is 14.5 Å². The zero-order valence-electron chi connectivity index (χ0n) is 16.7. The van der Waals surface area contributed by atoms with Crippen molar-refractivity contribution in [3.63, 3.8) is 0 Å². The smallest absolute Gasteiger partial charge is 0.238 e. The van der Waals surface area contributed by atoms with E-state index in [0.29, 0.717) is 30.3 Å². The van der Waals surface area contributed by atoms with Gasteiger partial charge in [0, 0.05) is 23.8 Å². The number of nitrogens with one attached hydrogen (secondary N) is 1. The van der Waals surface area contributed by atoms with Gasteiger partial charge in [-0.25, -0.2) is 0 Å². The van der Waals surface area contributed by atoms with Crippen LogP contribution in [0.3, 0.4) is 0 Å². The first-order valence-electron chi connectivity index (χ1n) is 9.53. The van der Waals surface area contributed by atoms with Gasteiger partial charge in [-0.1, -0.05) is 54.9 Å². The highest BCUT2D eigenvalue weighted by Gasteiger charge is 2.18. The zero-order valence-corrected chi connectivity index (χ0v) is 17.5. The summed E-state index contributed by atoms with van der Waals surface area (Å²) < 4.78 is 0. The lowest BCUT2D eigenvalue weighted by atomic mass is 10.2. The van der Waals surface area contributed by atoms with E-state index in [0.717, 1.165) is 11.1 Å². The monoisotopic (exact) mass is 401 g/mol. The molecule has 0 aliphatic rings. The van der Waals surface area contributed by atoms with Crippen LogP contribution in [0, 0.1) is 6.92 Å². The summed E-state index contributed by atoms with van der Waals surface area (Å²) in [6.07, 6.45) is 0. The largest absolute Gasteiger partial charge is 0.338 e. The minimum Gasteiger partial charge on any atom is -0.338 e. The Morgan fingerprint density at radius 1 is 1.00 bits per heavy atom. The van der Waals surface area contributed by atoms with Gasteiger partial charge < -0.3 is 10.2 Å². The first kappa shape index (κ1) is 21.9. The topological polar surface area (TPSA) is 52.7 Å². The maximum atomic E-state index is 12.7. The number of hydrogen-bond donors (Lipinski definition) is 1. The van der Waals surface area contributed by atoms with E-state index in [1.54, 1.807) is 17.0 Å². The zero-order chi connectivity index (χ0) is 20.5. The van der Waals surface area contributed by atoms with Gasteiger partial charge in [0.25, 0.3) is 0 Å². The van der Waals surface area contributed by atoms with E-state index >= 15 is 0 Å². The standard InChI is InChI=1S/C22H28ClN3O2/c1-4-25(15-21(27)24-20-13-19(23)12-11-17(20)3)16-22(28)26(5-2)14-18-9-7-6-8-10-18/h6-13H,4-5,14-16H2,1-3H3,(H,24,27). The predicted molar refractivity (Wildman–Crippen MR) is 114 cm³/mol. The van der Waals surface area contributed by atoms with Gasteiger partial charge in [-0.05, 0) is 43.7 Å². The molecule has 0 saturated carbocycles. The normalized spacial score (nSPS) is 10.8. The van der Waals surface area contributed by atoms with Crippen molar-refractivity contribution in [2.45, 2.75) is 27.3 Å². The average Bonchev–Trinajstić information content (AvgIpc) is 2.69. The van der Waals surface area contributed by atoms with Crippen LogP contribution in [0.4, 0.5) is 5.69 Å². The number of rotatable bonds is 9. The summed E-state index contributed by atoms with van der Waals surface area (Å²) >= 11 is 6.01. The van der Waals surface area contributed by atoms with Crippen LogP contribution in [0.2, 0.25) is 5.02 Å². The second kappa shape index (κ2) is 10.8. The van der Waals surface area contributed by atoms with Gasteiger partial charge in [0.1, 0.15) is 0 Å². The molecule has 0 heterocycles. The fourth-order valence-electron chi connectivity index (χ4n) is 2.87. The Hall–Kier alpha value is -2.37. The Morgan fingerprint density at radius 3 is 2.36 bits per heavy atom. The summed E-state index contributed by atoms with van der Waals surface area (Å²) in [5.41, 5.74) is 2.73. The van der Waals surface area contributed by atoms with E-state index < -0.39 is 0 Å². The first-order valence-corrected chi connectivity index (χ1v) is 9.90. The minimum absolute atomic E-state index is 0.0138. The number of carbonyl (C=O) groups is 2. The van der Waals surface area contributed by atoms with E-state index in [4.69, 9.17) is 11.6 Å². The molecule has 0 fully saturated rings. The second-order valence-corrected chi connectivity index (χ2v) is 7.14. The van der Waals surface area contributed by atoms with Crippen molar-refractivity contribution < 1.29 is 9.59 Å². The van der Waals surface area contributed by atoms with Crippen LogP contribution in [-0.4, -0.2) is 47.8 Å². The molecular formula is C22H28ClN3O2. The molecule has 2 aromatic rings. The summed E-state index contributed by atoms with van der Waals surface area (Å²) in [5, 5.41) is 3.45. The number of benzene rings is 2. The lowest BCUT2D eigenvalue weighted by molar-refractivity contribution is -0.133. The molecule has 6 heteroatoms. The number of carbonyl (C=O) groups excluding carboxylic acids is 2. The predicted octanol–water partition coefficient (Wildman–Crippen LogP) is 3.96. The van der Waals surface area contributed by atoms with Crippen molar-refractivity contribution in [2.24, 2.45) is 0 Å². The lowest BCUT2D eigenvalue weighted by Gasteiger charge is -2.26. The van der Waals surface area contributed by atoms with E-state index in [1.807, 2.05) is 62.1 Å². The van der Waals surface area contributed by atoms with Crippen molar-refractivity contribution in [3.05, 3.63) is 64.7 Å². The van der Waals surface area contributed by atoms with Crippen LogP contribution < -0.4 is 5.32 Å². The average molecular weight is 402 g/mol. The molecule has 1 N–H and O–H groups in total. The number of hydrogen-bond acceptors (Lipinski definition) is 3. The van der Waals surface area contributed by atoms with Crippen molar-refractivity contribution in [2.75, 3.05) is 31.5 Å². The van der Waals surface area contributed by atoms with Gasteiger partial charge in [-0.2, -0.15) is 0 Å². The van der Waals surface area contributed by atoms with E-state index in [9.17, 15) is 9.59 Å². The second-order valence-electron chi connectivity index (χ2n) is 6.70. The molecule has 0 aliphatic carbocycles. The fraction of sp³-hybridized carbons (Fsp3) is 0.364. The molecule has 0 spiro atoms. The van der Waals surface area contributed by atoms with Crippen LogP contribution in [0.15, 0.2) is 48.5 Å². The van der Waals surface area contributed by atoms with Crippen molar-refractivity contribution in [1.29, 1.82) is 0 Å². The van der Waals surface area contributed by atoms with Gasteiger partial charge in [0.05, 0.1) is 13.1 Å². The molecule has 150 valence electrons. The Morgan fingerprint density at radius 2 is 1.71 bits per heavy atom. The van der Waals surface area contributed by atoms with Crippen molar-refractivity contribution in [3.8, 4) is 0 Å². The third kappa shape index (κ3) is 6.66. The molecule has 2 rings (SSSR count). The van der Waals surface area contributed by atoms with Gasteiger partial charge in [-0.15, -0.1) is 0 Å². The summed E-state index contributed by atoms with van der Waals surface area (Å²) in [6.45, 7) is 7.98. The third-order valence-corrected chi connectivity index (χ3v) is 4.83. The minimum atomic E-state index is -0.161. The fourth-order valence-corrected chi connectivity index (χ4v) is 3.04. The maximum absolute atomic E-state index is 12.7. The molecule has 0 radical (unpaired) electrons. The molecule has 0 aromatic heterocycles. The number of nitrogens with zero attached hydrogens (tertiary/aromatic N) is 2. The number of likely N-dealkylation sites (N-methyl/N-ethyl adjacent to an activating group) is 2. The third-order valence-electron chi connectivity index (χ3n) is 4.60. The molecule has 0 saturated heterocycles. The molecule has 5 nitrogen and oxygen atoms in total. The quantitative estimate of drug-likeness (QED) is 0.692. The van der Waals surface area contributed by atoms with Gasteiger partial charge in [0.2, 0.25) is 11.8 Å². The Labute approximate surface area is 172 Å². The van der Waals surface area contributed by atoms with Crippen molar-refractivity contribution in [1.82, 2.24) is 9.80 Å². The summed E-state index contributed by atoms with van der Waals surface area (Å²) in [7, 11) is 0. The molecule has 0 bridgehead atoms. The summed E-state index contributed by atoms with van der Waals surface area (Å²) in [6, 6.07) is 15.3. The molecular weight excluding hydrogens is 374 g/mol.